The average Bonchev–Trinajstić information content (AvgIpc) is 2.59. The van der Waals surface area contributed by atoms with E-state index >= 15 is 0 Å². The molecule has 0 fully saturated rings. The van der Waals surface area contributed by atoms with E-state index in [4.69, 9.17) is 4.74 Å². The molecule has 0 saturated carbocycles. The van der Waals surface area contributed by atoms with Gasteiger partial charge in [-0.25, -0.2) is 8.78 Å². The molecule has 0 unspecified atom stereocenters. The van der Waals surface area contributed by atoms with Crippen molar-refractivity contribution in [3.63, 3.8) is 0 Å². The summed E-state index contributed by atoms with van der Waals surface area (Å²) in [6, 6.07) is 0. The fourth-order valence-electron chi connectivity index (χ4n) is 4.11. The van der Waals surface area contributed by atoms with Crippen molar-refractivity contribution in [3.8, 4) is 11.5 Å². The number of hydrogen-bond donors (Lipinski definition) is 1. The Morgan fingerprint density at radius 2 is 1.56 bits per heavy atom. The molecule has 2 rings (SSSR count). The normalized spacial score (nSPS) is 19.7. The molecule has 1 heterocycles. The number of benzene rings is 1. The van der Waals surface area contributed by atoms with Crippen LogP contribution in [0.25, 0.3) is 0 Å². The summed E-state index contributed by atoms with van der Waals surface area (Å²) in [7, 11) is 0. The lowest BCUT2D eigenvalue weighted by Crippen LogP contribution is -2.37. The van der Waals surface area contributed by atoms with Crippen molar-refractivity contribution in [2.45, 2.75) is 110 Å². The van der Waals surface area contributed by atoms with E-state index in [1.54, 1.807) is 0 Å². The van der Waals surface area contributed by atoms with Crippen molar-refractivity contribution in [2.24, 2.45) is 0 Å². The van der Waals surface area contributed by atoms with Gasteiger partial charge in [-0.2, -0.15) is 0 Å². The molecule has 0 spiro atoms. The van der Waals surface area contributed by atoms with Crippen LogP contribution in [0.1, 0.15) is 93.9 Å². The largest absolute Gasteiger partial charge is 0.507 e. The predicted octanol–water partition coefficient (Wildman–Crippen LogP) is 7.18. The molecule has 0 bridgehead atoms. The van der Waals surface area contributed by atoms with Gasteiger partial charge in [0.1, 0.15) is 17.1 Å². The summed E-state index contributed by atoms with van der Waals surface area (Å²) in [5.41, 5.74) is 3.91. The minimum atomic E-state index is -2.52. The second-order valence-electron chi connectivity index (χ2n) is 8.77. The van der Waals surface area contributed by atoms with Gasteiger partial charge < -0.3 is 9.84 Å². The zero-order valence-corrected chi connectivity index (χ0v) is 17.7. The first-order chi connectivity index (χ1) is 12.5. The van der Waals surface area contributed by atoms with Gasteiger partial charge in [0, 0.05) is 12.0 Å². The third kappa shape index (κ3) is 5.83. The molecular formula is C23H36F2O2. The highest BCUT2D eigenvalue weighted by molar-refractivity contribution is 5.58. The lowest BCUT2D eigenvalue weighted by atomic mass is 9.84. The third-order valence-corrected chi connectivity index (χ3v) is 6.16. The Bertz CT molecular complexity index is 649. The fourth-order valence-corrected chi connectivity index (χ4v) is 4.11. The topological polar surface area (TPSA) is 29.5 Å². The van der Waals surface area contributed by atoms with Crippen LogP contribution in [0.3, 0.4) is 0 Å². The predicted molar refractivity (Wildman–Crippen MR) is 107 cm³/mol. The molecule has 27 heavy (non-hydrogen) atoms. The van der Waals surface area contributed by atoms with Crippen LogP contribution >= 0.6 is 0 Å². The molecule has 1 aliphatic rings. The van der Waals surface area contributed by atoms with E-state index in [1.165, 1.54) is 0 Å². The second kappa shape index (κ2) is 8.79. The standard InChI is InChI=1S/C23H36F2O2/c1-16-17(2)21-19(18(3)20(16)26)12-15-22(4,27-21)13-10-8-6-7-9-11-14-23(5,24)25/h26H,6-15H2,1-5H3/t22-/m0/s1. The third-order valence-electron chi connectivity index (χ3n) is 6.16. The molecular weight excluding hydrogens is 346 g/mol. The van der Waals surface area contributed by atoms with Crippen LogP contribution in [0.5, 0.6) is 11.5 Å². The van der Waals surface area contributed by atoms with Crippen LogP contribution in [0, 0.1) is 20.8 Å². The van der Waals surface area contributed by atoms with Gasteiger partial charge in [0.05, 0.1) is 0 Å². The number of unbranched alkanes of at least 4 members (excludes halogenated alkanes) is 5. The highest BCUT2D eigenvalue weighted by Gasteiger charge is 2.34. The summed E-state index contributed by atoms with van der Waals surface area (Å²) >= 11 is 0. The van der Waals surface area contributed by atoms with Crippen molar-refractivity contribution in [1.29, 1.82) is 0 Å². The molecule has 0 amide bonds. The monoisotopic (exact) mass is 382 g/mol. The van der Waals surface area contributed by atoms with E-state index < -0.39 is 5.92 Å². The van der Waals surface area contributed by atoms with Gasteiger partial charge in [-0.15, -0.1) is 0 Å². The molecule has 0 aliphatic carbocycles. The Labute approximate surface area is 163 Å². The van der Waals surface area contributed by atoms with Crippen LogP contribution in [-0.2, 0) is 6.42 Å². The minimum Gasteiger partial charge on any atom is -0.507 e. The Morgan fingerprint density at radius 3 is 2.19 bits per heavy atom. The fraction of sp³-hybridized carbons (Fsp3) is 0.739. The number of hydrogen-bond acceptors (Lipinski definition) is 2. The minimum absolute atomic E-state index is 0.00601. The number of ether oxygens (including phenoxy) is 1. The molecule has 154 valence electrons. The van der Waals surface area contributed by atoms with Crippen molar-refractivity contribution in [3.05, 3.63) is 22.3 Å². The Hall–Kier alpha value is -1.32. The van der Waals surface area contributed by atoms with Crippen molar-refractivity contribution in [2.75, 3.05) is 0 Å². The van der Waals surface area contributed by atoms with Crippen molar-refractivity contribution < 1.29 is 18.6 Å². The summed E-state index contributed by atoms with van der Waals surface area (Å²) in [5.74, 6) is -1.15. The molecule has 1 aromatic rings. The SMILES string of the molecule is Cc1c(C)c2c(c(C)c1O)CC[C@](C)(CCCCCCCCC(C)(F)F)O2. The number of rotatable bonds is 9. The Morgan fingerprint density at radius 1 is 0.963 bits per heavy atom. The number of alkyl halides is 2. The van der Waals surface area contributed by atoms with Gasteiger partial charge in [0.25, 0.3) is 0 Å². The molecule has 0 saturated heterocycles. The number of phenolic OH excluding ortho intramolecular Hbond substituents is 1. The maximum atomic E-state index is 12.8. The number of fused-ring (bicyclic) bond motifs is 1. The maximum absolute atomic E-state index is 12.8. The summed E-state index contributed by atoms with van der Waals surface area (Å²) < 4.78 is 32.0. The Kier molecular flexibility index (Phi) is 7.15. The molecule has 1 aliphatic heterocycles. The van der Waals surface area contributed by atoms with Crippen molar-refractivity contribution in [1.82, 2.24) is 0 Å². The molecule has 0 aromatic heterocycles. The highest BCUT2D eigenvalue weighted by atomic mass is 19.3. The smallest absolute Gasteiger partial charge is 0.245 e. The zero-order valence-electron chi connectivity index (χ0n) is 17.7. The van der Waals surface area contributed by atoms with E-state index in [2.05, 4.69) is 6.92 Å². The summed E-state index contributed by atoms with van der Waals surface area (Å²) in [5, 5.41) is 10.3. The number of halogens is 2. The molecule has 2 nitrogen and oxygen atoms in total. The zero-order chi connectivity index (χ0) is 20.2. The molecule has 0 radical (unpaired) electrons. The summed E-state index contributed by atoms with van der Waals surface area (Å²) in [6.45, 7) is 9.14. The van der Waals surface area contributed by atoms with E-state index in [9.17, 15) is 13.9 Å². The maximum Gasteiger partial charge on any atom is 0.245 e. The van der Waals surface area contributed by atoms with Gasteiger partial charge in [-0.1, -0.05) is 25.7 Å². The van der Waals surface area contributed by atoms with Gasteiger partial charge in [0.2, 0.25) is 5.92 Å². The number of phenols is 1. The second-order valence-corrected chi connectivity index (χ2v) is 8.77. The quantitative estimate of drug-likeness (QED) is 0.458. The Balaban J connectivity index is 1.79. The van der Waals surface area contributed by atoms with Crippen LogP contribution < -0.4 is 4.74 Å². The van der Waals surface area contributed by atoms with E-state index in [-0.39, 0.29) is 12.0 Å². The molecule has 1 N–H and O–H groups in total. The highest BCUT2D eigenvalue weighted by Crippen LogP contribution is 2.44. The van der Waals surface area contributed by atoms with Crippen LogP contribution in [0.2, 0.25) is 0 Å². The van der Waals surface area contributed by atoms with Crippen LogP contribution in [0.4, 0.5) is 8.78 Å². The van der Waals surface area contributed by atoms with Gasteiger partial charge in [-0.3, -0.25) is 0 Å². The molecule has 1 aromatic carbocycles. The lowest BCUT2D eigenvalue weighted by molar-refractivity contribution is 0.0103. The first kappa shape index (κ1) is 22.0. The van der Waals surface area contributed by atoms with E-state index in [0.29, 0.717) is 12.2 Å². The van der Waals surface area contributed by atoms with Gasteiger partial charge >= 0.3 is 0 Å². The number of aromatic hydroxyl groups is 1. The van der Waals surface area contributed by atoms with E-state index in [1.807, 2.05) is 20.8 Å². The van der Waals surface area contributed by atoms with Crippen LogP contribution in [0.15, 0.2) is 0 Å². The summed E-state index contributed by atoms with van der Waals surface area (Å²) in [4.78, 5) is 0. The first-order valence-electron chi connectivity index (χ1n) is 10.4. The van der Waals surface area contributed by atoms with Gasteiger partial charge in [0.15, 0.2) is 0 Å². The van der Waals surface area contributed by atoms with Crippen LogP contribution in [-0.4, -0.2) is 16.6 Å². The molecule has 1 atom stereocenters. The lowest BCUT2D eigenvalue weighted by Gasteiger charge is -2.38. The van der Waals surface area contributed by atoms with Gasteiger partial charge in [-0.05, 0) is 83.4 Å². The average molecular weight is 383 g/mol. The first-order valence-corrected chi connectivity index (χ1v) is 10.4. The molecule has 4 heteroatoms. The summed E-state index contributed by atoms with van der Waals surface area (Å²) in [6.07, 6.45) is 8.81. The van der Waals surface area contributed by atoms with E-state index in [0.717, 1.165) is 86.3 Å². The van der Waals surface area contributed by atoms with Crippen molar-refractivity contribution >= 4 is 0 Å².